The summed E-state index contributed by atoms with van der Waals surface area (Å²) in [6.07, 6.45) is 0. The Morgan fingerprint density at radius 3 is 1.74 bits per heavy atom. The third-order valence-corrected chi connectivity index (χ3v) is 15.9. The zero-order valence-electron chi connectivity index (χ0n) is 32.1. The van der Waals surface area contributed by atoms with Crippen LogP contribution in [0.4, 0.5) is 0 Å². The fourth-order valence-corrected chi connectivity index (χ4v) is 13.2. The first-order valence-electron chi connectivity index (χ1n) is 20.0. The molecule has 1 unspecified atom stereocenters. The highest BCUT2D eigenvalue weighted by molar-refractivity contribution is 7.86. The molecule has 3 nitrogen and oxygen atoms in total. The van der Waals surface area contributed by atoms with E-state index in [9.17, 15) is 0 Å². The van der Waals surface area contributed by atoms with Crippen molar-refractivity contribution in [1.82, 2.24) is 9.55 Å². The lowest BCUT2D eigenvalue weighted by Crippen LogP contribution is -2.33. The first-order chi connectivity index (χ1) is 28.4. The Morgan fingerprint density at radius 2 is 1.05 bits per heavy atom. The Morgan fingerprint density at radius 1 is 0.483 bits per heavy atom. The van der Waals surface area contributed by atoms with Gasteiger partial charge in [0.25, 0.3) is 0 Å². The van der Waals surface area contributed by atoms with E-state index >= 15 is 4.57 Å². The van der Waals surface area contributed by atoms with Gasteiger partial charge in [-0.2, -0.15) is 0 Å². The molecule has 10 aromatic rings. The van der Waals surface area contributed by atoms with Gasteiger partial charge in [0, 0.05) is 26.9 Å². The van der Waals surface area contributed by atoms with Crippen molar-refractivity contribution < 1.29 is 4.57 Å². The summed E-state index contributed by atoms with van der Waals surface area (Å²) in [7, 11) is -3.37. The molecule has 0 radical (unpaired) electrons. The average molecular weight is 761 g/mol. The second-order valence-corrected chi connectivity index (χ2v) is 18.9. The van der Waals surface area contributed by atoms with Crippen LogP contribution in [0.2, 0.25) is 0 Å². The Balaban J connectivity index is 1.14. The lowest BCUT2D eigenvalue weighted by Gasteiger charge is -2.30. The Labute approximate surface area is 337 Å². The van der Waals surface area contributed by atoms with Gasteiger partial charge >= 0.3 is 0 Å². The second kappa shape index (κ2) is 12.1. The van der Waals surface area contributed by atoms with Crippen LogP contribution < -0.4 is 15.9 Å². The topological polar surface area (TPSA) is 34.9 Å². The molecular weight excluding hydrogens is 724 g/mol. The van der Waals surface area contributed by atoms with E-state index in [1.165, 1.54) is 54.9 Å². The molecule has 0 N–H and O–H groups in total. The predicted octanol–water partition coefficient (Wildman–Crippen LogP) is 12.6. The maximum atomic E-state index is 16.3. The molecule has 274 valence electrons. The Bertz CT molecular complexity index is 3340. The molecule has 0 saturated carbocycles. The summed E-state index contributed by atoms with van der Waals surface area (Å²) in [5.74, 6) is 0.845. The van der Waals surface area contributed by atoms with E-state index in [2.05, 4.69) is 146 Å². The monoisotopic (exact) mass is 760 g/mol. The summed E-state index contributed by atoms with van der Waals surface area (Å²) >= 11 is 0. The van der Waals surface area contributed by atoms with E-state index < -0.39 is 7.14 Å². The molecule has 0 amide bonds. The molecule has 0 fully saturated rings. The van der Waals surface area contributed by atoms with Gasteiger partial charge in [0.15, 0.2) is 7.14 Å². The van der Waals surface area contributed by atoms with Crippen molar-refractivity contribution in [2.45, 2.75) is 19.3 Å². The highest BCUT2D eigenvalue weighted by Gasteiger charge is 2.41. The zero-order valence-corrected chi connectivity index (χ0v) is 33.0. The van der Waals surface area contributed by atoms with Crippen LogP contribution in [0, 0.1) is 0 Å². The largest absolute Gasteiger partial charge is 0.308 e. The van der Waals surface area contributed by atoms with Gasteiger partial charge in [-0.25, -0.2) is 4.98 Å². The maximum absolute atomic E-state index is 16.3. The number of aromatic nitrogens is 2. The zero-order chi connectivity index (χ0) is 38.8. The maximum Gasteiger partial charge on any atom is 0.175 e. The van der Waals surface area contributed by atoms with Gasteiger partial charge in [0.2, 0.25) is 0 Å². The molecule has 58 heavy (non-hydrogen) atoms. The fourth-order valence-electron chi connectivity index (χ4n) is 10.2. The van der Waals surface area contributed by atoms with Crippen molar-refractivity contribution in [3.8, 4) is 50.5 Å². The van der Waals surface area contributed by atoms with Crippen LogP contribution in [0.5, 0.6) is 0 Å². The lowest BCUT2D eigenvalue weighted by atomic mass is 9.80. The van der Waals surface area contributed by atoms with Crippen molar-refractivity contribution in [2.24, 2.45) is 0 Å². The Hall–Kier alpha value is -6.80. The number of fused-ring (bicyclic) bond motifs is 7. The second-order valence-electron chi connectivity index (χ2n) is 16.2. The number of rotatable bonds is 4. The molecule has 4 heteroatoms. The van der Waals surface area contributed by atoms with Crippen LogP contribution in [-0.4, -0.2) is 9.55 Å². The molecule has 2 aliphatic rings. The van der Waals surface area contributed by atoms with E-state index in [-0.39, 0.29) is 5.41 Å². The number of para-hydroxylation sites is 1. The van der Waals surface area contributed by atoms with Crippen molar-refractivity contribution in [2.75, 3.05) is 0 Å². The van der Waals surface area contributed by atoms with Gasteiger partial charge in [0.05, 0.1) is 16.7 Å². The van der Waals surface area contributed by atoms with Crippen LogP contribution >= 0.6 is 7.14 Å². The van der Waals surface area contributed by atoms with E-state index in [1.54, 1.807) is 0 Å². The van der Waals surface area contributed by atoms with E-state index in [1.807, 2.05) is 60.7 Å². The normalized spacial score (nSPS) is 16.0. The molecule has 1 aromatic heterocycles. The molecule has 0 spiro atoms. The summed E-state index contributed by atoms with van der Waals surface area (Å²) in [5.41, 5.74) is 13.6. The lowest BCUT2D eigenvalue weighted by molar-refractivity contribution is 0.592. The quantitative estimate of drug-likeness (QED) is 0.132. The molecule has 1 aliphatic heterocycles. The summed E-state index contributed by atoms with van der Waals surface area (Å²) in [6.45, 7) is 4.70. The number of imidazole rings is 1. The molecule has 2 heterocycles. The van der Waals surface area contributed by atoms with Crippen LogP contribution in [0.25, 0.3) is 83.0 Å². The Kier molecular flexibility index (Phi) is 6.96. The minimum absolute atomic E-state index is 0.108. The van der Waals surface area contributed by atoms with Crippen LogP contribution in [-0.2, 0) is 9.98 Å². The van der Waals surface area contributed by atoms with Gasteiger partial charge in [-0.15, -0.1) is 0 Å². The minimum Gasteiger partial charge on any atom is -0.308 e. The number of nitrogens with zero attached hydrogens (tertiary/aromatic N) is 2. The number of benzene rings is 9. The van der Waals surface area contributed by atoms with Gasteiger partial charge in [-0.3, -0.25) is 4.57 Å². The SMILES string of the molecule is CC1(C)c2ccccc2-c2ccc(-c3c4ccccc4c(-c4ccc5c(c4)P(=O)(c4ccccc4)c4cccc6nc(-c7ccccc7)n-5c46)c4ccccc34)cc21. The van der Waals surface area contributed by atoms with Gasteiger partial charge in [-0.1, -0.05) is 172 Å². The van der Waals surface area contributed by atoms with Gasteiger partial charge < -0.3 is 4.57 Å². The van der Waals surface area contributed by atoms with E-state index in [0.717, 1.165) is 55.1 Å². The van der Waals surface area contributed by atoms with Gasteiger partial charge in [-0.05, 0) is 96.4 Å². The summed E-state index contributed by atoms with van der Waals surface area (Å²) in [6, 6.07) is 66.7. The van der Waals surface area contributed by atoms with E-state index in [4.69, 9.17) is 4.98 Å². The van der Waals surface area contributed by atoms with Crippen LogP contribution in [0.3, 0.4) is 0 Å². The molecule has 0 bridgehead atoms. The van der Waals surface area contributed by atoms with Crippen molar-refractivity contribution in [3.63, 3.8) is 0 Å². The molecular formula is C54H37N2OP. The van der Waals surface area contributed by atoms with Gasteiger partial charge in [0.1, 0.15) is 5.82 Å². The van der Waals surface area contributed by atoms with Crippen LogP contribution in [0.1, 0.15) is 25.0 Å². The molecule has 0 saturated heterocycles. The minimum atomic E-state index is -3.37. The van der Waals surface area contributed by atoms with Crippen LogP contribution in [0.15, 0.2) is 188 Å². The molecule has 12 rings (SSSR count). The number of hydrogen-bond donors (Lipinski definition) is 0. The summed E-state index contributed by atoms with van der Waals surface area (Å²) in [5, 5.41) is 7.19. The third-order valence-electron chi connectivity index (χ3n) is 12.8. The smallest absolute Gasteiger partial charge is 0.175 e. The molecule has 1 atom stereocenters. The molecule has 1 aliphatic carbocycles. The summed E-state index contributed by atoms with van der Waals surface area (Å²) in [4.78, 5) is 5.20. The number of hydrogen-bond acceptors (Lipinski definition) is 2. The fraction of sp³-hybridized carbons (Fsp3) is 0.0556. The average Bonchev–Trinajstić information content (AvgIpc) is 3.78. The first-order valence-corrected chi connectivity index (χ1v) is 21.7. The highest BCUT2D eigenvalue weighted by atomic mass is 31.2. The molecule has 9 aromatic carbocycles. The van der Waals surface area contributed by atoms with Crippen molar-refractivity contribution in [3.05, 3.63) is 199 Å². The highest BCUT2D eigenvalue weighted by Crippen LogP contribution is 2.53. The summed E-state index contributed by atoms with van der Waals surface area (Å²) < 4.78 is 18.6. The predicted molar refractivity (Wildman–Crippen MR) is 243 cm³/mol. The van der Waals surface area contributed by atoms with Crippen molar-refractivity contribution in [1.29, 1.82) is 0 Å². The standard InChI is InChI=1S/C54H37N2OP/c1-54(2)44-25-14-13-20-38(44)39-30-28-35(32-45(39)54)50-40-21-9-11-23-42(40)51(43-24-12-10-22-41(43)50)36-29-31-47-49(33-36)58(57,37-18-7-4-8-19-37)48-27-15-26-46-52(48)56(47)53(55-46)34-16-5-3-6-17-34/h3-33H,1-2H3. The van der Waals surface area contributed by atoms with E-state index in [0.29, 0.717) is 0 Å². The van der Waals surface area contributed by atoms with Crippen molar-refractivity contribution >= 4 is 55.6 Å². The first kappa shape index (κ1) is 33.4. The third kappa shape index (κ3) is 4.45.